The summed E-state index contributed by atoms with van der Waals surface area (Å²) in [6.45, 7) is 7.34. The molecule has 4 nitrogen and oxygen atoms in total. The smallest absolute Gasteiger partial charge is 0.307 e. The largest absolute Gasteiger partial charge is 0.481 e. The Bertz CT molecular complexity index is 599. The molecule has 0 aliphatic carbocycles. The molecule has 0 saturated heterocycles. The van der Waals surface area contributed by atoms with Crippen LogP contribution in [0.25, 0.3) is 11.0 Å². The lowest BCUT2D eigenvalue weighted by Crippen LogP contribution is -2.05. The lowest BCUT2D eigenvalue weighted by molar-refractivity contribution is -0.136. The summed E-state index contributed by atoms with van der Waals surface area (Å²) in [5.41, 5.74) is 2.79. The first-order valence-electron chi connectivity index (χ1n) is 6.71. The maximum absolute atomic E-state index is 10.8. The van der Waals surface area contributed by atoms with Crippen LogP contribution in [0, 0.1) is 5.92 Å². The number of imidazole rings is 1. The molecule has 1 aromatic heterocycles. The van der Waals surface area contributed by atoms with Gasteiger partial charge in [0.1, 0.15) is 5.82 Å². The molecule has 4 heteroatoms. The molecule has 19 heavy (non-hydrogen) atoms. The van der Waals surface area contributed by atoms with Gasteiger partial charge >= 0.3 is 5.97 Å². The summed E-state index contributed by atoms with van der Waals surface area (Å²) in [4.78, 5) is 15.4. The minimum Gasteiger partial charge on any atom is -0.481 e. The number of carbonyl (C=O) groups is 1. The molecule has 0 atom stereocenters. The summed E-state index contributed by atoms with van der Waals surface area (Å²) in [5, 5.41) is 8.84. The van der Waals surface area contributed by atoms with E-state index in [2.05, 4.69) is 30.3 Å². The SMILES string of the molecule is CCn1c(CC(C)C)nc2cc(CC(=O)O)ccc21. The van der Waals surface area contributed by atoms with Gasteiger partial charge < -0.3 is 9.67 Å². The number of carboxylic acids is 1. The topological polar surface area (TPSA) is 55.1 Å². The minimum absolute atomic E-state index is 0.0500. The summed E-state index contributed by atoms with van der Waals surface area (Å²) in [5.74, 6) is 0.831. The normalized spacial score (nSPS) is 11.4. The van der Waals surface area contributed by atoms with Crippen molar-refractivity contribution in [1.82, 2.24) is 9.55 Å². The highest BCUT2D eigenvalue weighted by Gasteiger charge is 2.12. The second kappa shape index (κ2) is 5.43. The number of nitrogens with zero attached hydrogens (tertiary/aromatic N) is 2. The van der Waals surface area contributed by atoms with Crippen LogP contribution in [0.2, 0.25) is 0 Å². The molecule has 0 fully saturated rings. The molecule has 0 amide bonds. The van der Waals surface area contributed by atoms with Gasteiger partial charge in [-0.15, -0.1) is 0 Å². The van der Waals surface area contributed by atoms with Gasteiger partial charge in [0, 0.05) is 13.0 Å². The van der Waals surface area contributed by atoms with Gasteiger partial charge in [-0.05, 0) is 30.5 Å². The third-order valence-corrected chi connectivity index (χ3v) is 3.15. The molecule has 1 aromatic carbocycles. The van der Waals surface area contributed by atoms with Crippen molar-refractivity contribution in [2.45, 2.75) is 40.2 Å². The lowest BCUT2D eigenvalue weighted by atomic mass is 10.1. The predicted octanol–water partition coefficient (Wildman–Crippen LogP) is 2.88. The first kappa shape index (κ1) is 13.6. The van der Waals surface area contributed by atoms with Crippen LogP contribution in [0.4, 0.5) is 0 Å². The number of benzene rings is 1. The van der Waals surface area contributed by atoms with Crippen molar-refractivity contribution in [2.75, 3.05) is 0 Å². The van der Waals surface area contributed by atoms with Crippen LogP contribution in [0.5, 0.6) is 0 Å². The number of aromatic nitrogens is 2. The molecule has 0 saturated carbocycles. The Morgan fingerprint density at radius 1 is 1.42 bits per heavy atom. The van der Waals surface area contributed by atoms with E-state index in [-0.39, 0.29) is 6.42 Å². The monoisotopic (exact) mass is 260 g/mol. The molecule has 102 valence electrons. The molecular weight excluding hydrogens is 240 g/mol. The molecule has 1 heterocycles. The Labute approximate surface area is 113 Å². The van der Waals surface area contributed by atoms with Crippen molar-refractivity contribution in [3.8, 4) is 0 Å². The zero-order valence-electron chi connectivity index (χ0n) is 11.7. The minimum atomic E-state index is -0.809. The molecule has 0 radical (unpaired) electrons. The lowest BCUT2D eigenvalue weighted by Gasteiger charge is -2.07. The summed E-state index contributed by atoms with van der Waals surface area (Å²) >= 11 is 0. The van der Waals surface area contributed by atoms with Crippen LogP contribution in [0.15, 0.2) is 18.2 Å². The fourth-order valence-corrected chi connectivity index (χ4v) is 2.38. The molecule has 1 N–H and O–H groups in total. The van der Waals surface area contributed by atoms with E-state index in [1.165, 1.54) is 0 Å². The fraction of sp³-hybridized carbons (Fsp3) is 0.467. The number of aliphatic carboxylic acids is 1. The summed E-state index contributed by atoms with van der Waals surface area (Å²) in [6.07, 6.45) is 0.991. The number of hydrogen-bond acceptors (Lipinski definition) is 2. The van der Waals surface area contributed by atoms with Crippen molar-refractivity contribution < 1.29 is 9.90 Å². The number of fused-ring (bicyclic) bond motifs is 1. The molecule has 0 aliphatic rings. The number of rotatable bonds is 5. The quantitative estimate of drug-likeness (QED) is 0.899. The summed E-state index contributed by atoms with van der Waals surface area (Å²) < 4.78 is 2.21. The van der Waals surface area contributed by atoms with Crippen LogP contribution in [-0.4, -0.2) is 20.6 Å². The molecule has 2 rings (SSSR count). The van der Waals surface area contributed by atoms with Gasteiger partial charge in [0.05, 0.1) is 17.5 Å². The first-order valence-corrected chi connectivity index (χ1v) is 6.71. The van der Waals surface area contributed by atoms with E-state index >= 15 is 0 Å². The second-order valence-corrected chi connectivity index (χ2v) is 5.26. The van der Waals surface area contributed by atoms with Crippen LogP contribution in [-0.2, 0) is 24.2 Å². The van der Waals surface area contributed by atoms with Crippen molar-refractivity contribution >= 4 is 17.0 Å². The van der Waals surface area contributed by atoms with Gasteiger partial charge in [-0.25, -0.2) is 4.98 Å². The predicted molar refractivity (Wildman–Crippen MR) is 75.3 cm³/mol. The van der Waals surface area contributed by atoms with Crippen molar-refractivity contribution in [3.63, 3.8) is 0 Å². The zero-order valence-corrected chi connectivity index (χ0v) is 11.7. The van der Waals surface area contributed by atoms with Crippen LogP contribution < -0.4 is 0 Å². The fourth-order valence-electron chi connectivity index (χ4n) is 2.38. The van der Waals surface area contributed by atoms with Gasteiger partial charge in [0.25, 0.3) is 0 Å². The molecule has 0 spiro atoms. The average molecular weight is 260 g/mol. The molecule has 2 aromatic rings. The Hall–Kier alpha value is -1.84. The molecule has 0 aliphatic heterocycles. The van der Waals surface area contributed by atoms with E-state index in [0.29, 0.717) is 5.92 Å². The third-order valence-electron chi connectivity index (χ3n) is 3.15. The summed E-state index contributed by atoms with van der Waals surface area (Å²) in [7, 11) is 0. The van der Waals surface area contributed by atoms with E-state index in [1.54, 1.807) is 0 Å². The zero-order chi connectivity index (χ0) is 14.0. The Morgan fingerprint density at radius 2 is 2.16 bits per heavy atom. The Morgan fingerprint density at radius 3 is 2.74 bits per heavy atom. The maximum Gasteiger partial charge on any atom is 0.307 e. The number of hydrogen-bond donors (Lipinski definition) is 1. The first-order chi connectivity index (χ1) is 9.01. The molecular formula is C15H20N2O2. The van der Waals surface area contributed by atoms with E-state index in [4.69, 9.17) is 5.11 Å². The standard InChI is InChI=1S/C15H20N2O2/c1-4-17-13-6-5-11(9-15(18)19)8-12(13)16-14(17)7-10(2)3/h5-6,8,10H,4,7,9H2,1-3H3,(H,18,19). The highest BCUT2D eigenvalue weighted by Crippen LogP contribution is 2.20. The third kappa shape index (κ3) is 2.95. The van der Waals surface area contributed by atoms with Gasteiger partial charge in [0.2, 0.25) is 0 Å². The Balaban J connectivity index is 2.46. The highest BCUT2D eigenvalue weighted by molar-refractivity contribution is 5.79. The van der Waals surface area contributed by atoms with Crippen LogP contribution in [0.1, 0.15) is 32.2 Å². The second-order valence-electron chi connectivity index (χ2n) is 5.26. The van der Waals surface area contributed by atoms with E-state index < -0.39 is 5.97 Å². The van der Waals surface area contributed by atoms with Crippen molar-refractivity contribution in [3.05, 3.63) is 29.6 Å². The van der Waals surface area contributed by atoms with E-state index in [0.717, 1.165) is 35.4 Å². The average Bonchev–Trinajstić information content (AvgIpc) is 2.63. The van der Waals surface area contributed by atoms with Crippen LogP contribution >= 0.6 is 0 Å². The van der Waals surface area contributed by atoms with Gasteiger partial charge in [0.15, 0.2) is 0 Å². The summed E-state index contributed by atoms with van der Waals surface area (Å²) in [6, 6.07) is 5.75. The van der Waals surface area contributed by atoms with Crippen molar-refractivity contribution in [2.24, 2.45) is 5.92 Å². The van der Waals surface area contributed by atoms with Gasteiger partial charge in [-0.3, -0.25) is 4.79 Å². The van der Waals surface area contributed by atoms with E-state index in [9.17, 15) is 4.79 Å². The number of carboxylic acid groups (broad SMARTS) is 1. The molecule has 0 unspecified atom stereocenters. The van der Waals surface area contributed by atoms with Gasteiger partial charge in [-0.1, -0.05) is 19.9 Å². The van der Waals surface area contributed by atoms with Gasteiger partial charge in [-0.2, -0.15) is 0 Å². The van der Waals surface area contributed by atoms with E-state index in [1.807, 2.05) is 18.2 Å². The Kier molecular flexibility index (Phi) is 3.88. The number of aryl methyl sites for hydroxylation is 1. The van der Waals surface area contributed by atoms with Crippen molar-refractivity contribution in [1.29, 1.82) is 0 Å². The maximum atomic E-state index is 10.8. The molecule has 0 bridgehead atoms. The highest BCUT2D eigenvalue weighted by atomic mass is 16.4. The van der Waals surface area contributed by atoms with Crippen LogP contribution in [0.3, 0.4) is 0 Å².